The van der Waals surface area contributed by atoms with Gasteiger partial charge in [0.15, 0.2) is 11.6 Å². The lowest BCUT2D eigenvalue weighted by molar-refractivity contribution is 0.0970. The number of thiazole rings is 1. The van der Waals surface area contributed by atoms with Crippen molar-refractivity contribution in [2.24, 2.45) is 0 Å². The minimum absolute atomic E-state index is 0.00729. The van der Waals surface area contributed by atoms with Crippen LogP contribution < -0.4 is 0 Å². The van der Waals surface area contributed by atoms with Crippen molar-refractivity contribution in [2.75, 3.05) is 0 Å². The number of halogens is 2. The van der Waals surface area contributed by atoms with E-state index in [0.29, 0.717) is 5.76 Å². The highest BCUT2D eigenvalue weighted by molar-refractivity contribution is 7.10. The minimum Gasteiger partial charge on any atom is -0.361 e. The number of carbonyl (C=O) groups is 1. The van der Waals surface area contributed by atoms with E-state index < -0.39 is 23.3 Å². The topological polar surface area (TPSA) is 79.8 Å². The number of nitriles is 1. The second-order valence-electron chi connectivity index (χ2n) is 4.92. The molecule has 3 aromatic rings. The van der Waals surface area contributed by atoms with E-state index in [-0.39, 0.29) is 22.0 Å². The number of Topliss-reactive ketones (excluding diaryl/α,β-unsaturated/α-hetero) is 1. The molecule has 5 nitrogen and oxygen atoms in total. The number of nitrogens with zero attached hydrogens (tertiary/aromatic N) is 3. The standard InChI is InChI=1S/C16H9F2N3O2S/c1-8-5-12(21-23-8)15(22)9(6-19)16-20-13(7-24-16)14-10(17)3-2-4-11(14)18/h2-5,7,9H,1H3. The van der Waals surface area contributed by atoms with E-state index >= 15 is 0 Å². The molecule has 1 atom stereocenters. The molecule has 24 heavy (non-hydrogen) atoms. The van der Waals surface area contributed by atoms with E-state index in [9.17, 15) is 18.8 Å². The van der Waals surface area contributed by atoms with Crippen LogP contribution in [0.1, 0.15) is 27.2 Å². The highest BCUT2D eigenvalue weighted by atomic mass is 32.1. The third-order valence-electron chi connectivity index (χ3n) is 3.26. The highest BCUT2D eigenvalue weighted by Crippen LogP contribution is 2.31. The maximum Gasteiger partial charge on any atom is 0.208 e. The summed E-state index contributed by atoms with van der Waals surface area (Å²) >= 11 is 0.978. The molecule has 0 radical (unpaired) electrons. The van der Waals surface area contributed by atoms with Gasteiger partial charge in [-0.05, 0) is 19.1 Å². The van der Waals surface area contributed by atoms with Crippen LogP contribution in [-0.2, 0) is 0 Å². The van der Waals surface area contributed by atoms with Gasteiger partial charge in [-0.25, -0.2) is 13.8 Å². The van der Waals surface area contributed by atoms with Crippen LogP contribution in [0.5, 0.6) is 0 Å². The summed E-state index contributed by atoms with van der Waals surface area (Å²) in [5.74, 6) is -2.90. The van der Waals surface area contributed by atoms with Crippen molar-refractivity contribution in [1.29, 1.82) is 5.26 Å². The van der Waals surface area contributed by atoms with Crippen molar-refractivity contribution in [1.82, 2.24) is 10.1 Å². The first kappa shape index (κ1) is 16.0. The predicted octanol–water partition coefficient (Wildman–Crippen LogP) is 3.87. The van der Waals surface area contributed by atoms with E-state index in [2.05, 4.69) is 10.1 Å². The summed E-state index contributed by atoms with van der Waals surface area (Å²) in [7, 11) is 0. The smallest absolute Gasteiger partial charge is 0.208 e. The van der Waals surface area contributed by atoms with Crippen LogP contribution in [0, 0.1) is 29.9 Å². The predicted molar refractivity (Wildman–Crippen MR) is 81.4 cm³/mol. The summed E-state index contributed by atoms with van der Waals surface area (Å²) in [6.45, 7) is 1.62. The van der Waals surface area contributed by atoms with Crippen LogP contribution in [0.25, 0.3) is 11.3 Å². The van der Waals surface area contributed by atoms with E-state index in [0.717, 1.165) is 23.5 Å². The van der Waals surface area contributed by atoms with Gasteiger partial charge >= 0.3 is 0 Å². The second-order valence-corrected chi connectivity index (χ2v) is 5.81. The summed E-state index contributed by atoms with van der Waals surface area (Å²) in [4.78, 5) is 16.4. The van der Waals surface area contributed by atoms with Gasteiger partial charge < -0.3 is 4.52 Å². The van der Waals surface area contributed by atoms with Gasteiger partial charge in [-0.1, -0.05) is 11.2 Å². The van der Waals surface area contributed by atoms with Crippen molar-refractivity contribution in [2.45, 2.75) is 12.8 Å². The molecule has 0 saturated heterocycles. The van der Waals surface area contributed by atoms with Crippen LogP contribution in [0.3, 0.4) is 0 Å². The zero-order valence-corrected chi connectivity index (χ0v) is 13.1. The number of rotatable bonds is 4. The lowest BCUT2D eigenvalue weighted by atomic mass is 10.0. The van der Waals surface area contributed by atoms with Crippen molar-refractivity contribution in [3.8, 4) is 17.3 Å². The van der Waals surface area contributed by atoms with Crippen LogP contribution in [0.4, 0.5) is 8.78 Å². The summed E-state index contributed by atoms with van der Waals surface area (Å²) in [5.41, 5.74) is -0.246. The molecule has 8 heteroatoms. The van der Waals surface area contributed by atoms with Crippen molar-refractivity contribution in [3.05, 3.63) is 57.7 Å². The molecule has 0 saturated carbocycles. The summed E-state index contributed by atoms with van der Waals surface area (Å²) in [6.07, 6.45) is 0. The van der Waals surface area contributed by atoms with Gasteiger partial charge in [0.1, 0.15) is 22.4 Å². The molecule has 2 heterocycles. The normalized spacial score (nSPS) is 11.9. The lowest BCUT2D eigenvalue weighted by Crippen LogP contribution is -2.11. The molecule has 2 aromatic heterocycles. The Morgan fingerprint density at radius 1 is 1.38 bits per heavy atom. The Kier molecular flexibility index (Phi) is 4.18. The van der Waals surface area contributed by atoms with Crippen LogP contribution in [-0.4, -0.2) is 15.9 Å². The third-order valence-corrected chi connectivity index (χ3v) is 4.17. The fourth-order valence-electron chi connectivity index (χ4n) is 2.13. The Morgan fingerprint density at radius 3 is 2.67 bits per heavy atom. The molecule has 1 unspecified atom stereocenters. The van der Waals surface area contributed by atoms with Gasteiger partial charge in [0, 0.05) is 11.4 Å². The molecule has 0 fully saturated rings. The summed E-state index contributed by atoms with van der Waals surface area (Å²) in [5, 5.41) is 14.4. The summed E-state index contributed by atoms with van der Waals surface area (Å²) in [6, 6.07) is 6.74. The fourth-order valence-corrected chi connectivity index (χ4v) is 2.98. The number of ketones is 1. The average molecular weight is 345 g/mol. The Hall–Kier alpha value is -2.92. The Labute approximate surface area is 139 Å². The van der Waals surface area contributed by atoms with E-state index in [1.54, 1.807) is 6.92 Å². The second kappa shape index (κ2) is 6.29. The van der Waals surface area contributed by atoms with Gasteiger partial charge in [0.2, 0.25) is 5.78 Å². The Balaban J connectivity index is 1.97. The molecule has 0 N–H and O–H groups in total. The van der Waals surface area contributed by atoms with Gasteiger partial charge in [-0.2, -0.15) is 5.26 Å². The van der Waals surface area contributed by atoms with Gasteiger partial charge in [0.05, 0.1) is 17.3 Å². The van der Waals surface area contributed by atoms with Crippen molar-refractivity contribution >= 4 is 17.1 Å². The molecular weight excluding hydrogens is 336 g/mol. The first-order chi connectivity index (χ1) is 11.5. The number of carbonyl (C=O) groups excluding carboxylic acids is 1. The highest BCUT2D eigenvalue weighted by Gasteiger charge is 2.28. The zero-order chi connectivity index (χ0) is 17.3. The quantitative estimate of drug-likeness (QED) is 0.671. The zero-order valence-electron chi connectivity index (χ0n) is 12.3. The molecule has 0 aliphatic rings. The molecule has 1 aromatic carbocycles. The average Bonchev–Trinajstić information content (AvgIpc) is 3.17. The molecule has 0 aliphatic carbocycles. The van der Waals surface area contributed by atoms with Crippen LogP contribution >= 0.6 is 11.3 Å². The SMILES string of the molecule is Cc1cc(C(=O)C(C#N)c2nc(-c3c(F)cccc3F)cs2)no1. The van der Waals surface area contributed by atoms with E-state index in [1.165, 1.54) is 17.5 Å². The number of aryl methyl sites for hydroxylation is 1. The fraction of sp³-hybridized carbons (Fsp3) is 0.125. The molecular formula is C16H9F2N3O2S. The molecule has 0 bridgehead atoms. The summed E-state index contributed by atoms with van der Waals surface area (Å²) < 4.78 is 32.5. The van der Waals surface area contributed by atoms with Crippen molar-refractivity contribution in [3.63, 3.8) is 0 Å². The Bertz CT molecular complexity index is 938. The number of aromatic nitrogens is 2. The first-order valence-corrected chi connectivity index (χ1v) is 7.66. The van der Waals surface area contributed by atoms with E-state index in [1.807, 2.05) is 6.07 Å². The maximum absolute atomic E-state index is 13.8. The monoisotopic (exact) mass is 345 g/mol. The molecule has 120 valence electrons. The molecule has 3 rings (SSSR count). The molecule has 0 amide bonds. The van der Waals surface area contributed by atoms with Crippen molar-refractivity contribution < 1.29 is 18.1 Å². The van der Waals surface area contributed by atoms with Gasteiger partial charge in [0.25, 0.3) is 0 Å². The first-order valence-electron chi connectivity index (χ1n) is 6.78. The maximum atomic E-state index is 13.8. The van der Waals surface area contributed by atoms with Crippen LogP contribution in [0.2, 0.25) is 0 Å². The van der Waals surface area contributed by atoms with E-state index in [4.69, 9.17) is 4.52 Å². The molecule has 0 aliphatic heterocycles. The largest absolute Gasteiger partial charge is 0.361 e. The Morgan fingerprint density at radius 2 is 2.08 bits per heavy atom. The van der Waals surface area contributed by atoms with Crippen LogP contribution in [0.15, 0.2) is 34.2 Å². The van der Waals surface area contributed by atoms with Gasteiger partial charge in [-0.3, -0.25) is 4.79 Å². The minimum atomic E-state index is -1.22. The third kappa shape index (κ3) is 2.81. The lowest BCUT2D eigenvalue weighted by Gasteiger charge is -2.02. The number of benzene rings is 1. The molecule has 0 spiro atoms. The van der Waals surface area contributed by atoms with Gasteiger partial charge in [-0.15, -0.1) is 11.3 Å². The number of hydrogen-bond donors (Lipinski definition) is 0. The number of hydrogen-bond acceptors (Lipinski definition) is 6.